The molecule has 2 amide bonds. The van der Waals surface area contributed by atoms with Gasteiger partial charge in [0.2, 0.25) is 0 Å². The summed E-state index contributed by atoms with van der Waals surface area (Å²) in [4.78, 5) is 27.9. The summed E-state index contributed by atoms with van der Waals surface area (Å²) in [7, 11) is 0. The molecule has 142 valence electrons. The molecule has 0 radical (unpaired) electrons. The lowest BCUT2D eigenvalue weighted by Gasteiger charge is -2.17. The van der Waals surface area contributed by atoms with Crippen molar-refractivity contribution < 1.29 is 9.59 Å². The van der Waals surface area contributed by atoms with E-state index in [4.69, 9.17) is 0 Å². The van der Waals surface area contributed by atoms with Crippen molar-refractivity contribution in [3.63, 3.8) is 0 Å². The third-order valence-corrected chi connectivity index (χ3v) is 5.83. The Bertz CT molecular complexity index is 994. The number of nitrogens with one attached hydrogen (secondary N) is 1. The van der Waals surface area contributed by atoms with Crippen LogP contribution < -0.4 is 10.2 Å². The predicted molar refractivity (Wildman–Crippen MR) is 115 cm³/mol. The highest BCUT2D eigenvalue weighted by molar-refractivity contribution is 7.12. The van der Waals surface area contributed by atoms with E-state index in [1.165, 1.54) is 16.9 Å². The molecule has 0 bridgehead atoms. The highest BCUT2D eigenvalue weighted by Crippen LogP contribution is 2.32. The molecule has 1 aromatic heterocycles. The number of thiophene rings is 1. The average molecular weight is 391 g/mol. The summed E-state index contributed by atoms with van der Waals surface area (Å²) in [6, 6.07) is 17.3. The maximum Gasteiger partial charge on any atom is 0.268 e. The Morgan fingerprint density at radius 3 is 2.64 bits per heavy atom. The first-order chi connectivity index (χ1) is 13.7. The molecular formula is C23H22N2O2S. The van der Waals surface area contributed by atoms with E-state index in [-0.39, 0.29) is 11.8 Å². The van der Waals surface area contributed by atoms with Crippen molar-refractivity contribution in [2.75, 3.05) is 16.8 Å². The van der Waals surface area contributed by atoms with Crippen molar-refractivity contribution in [1.29, 1.82) is 0 Å². The summed E-state index contributed by atoms with van der Waals surface area (Å²) in [5, 5.41) is 4.87. The maximum atomic E-state index is 12.8. The standard InChI is InChI=1S/C23H22N2O2S/c1-2-4-16-6-8-18(9-7-16)22(26)24-19-11-10-17-12-13-25(20(17)15-19)23(27)21-5-3-14-28-21/h3,5-11,14-15H,2,4,12-13H2,1H3,(H,24,26). The topological polar surface area (TPSA) is 49.4 Å². The molecule has 0 saturated carbocycles. The number of benzene rings is 2. The molecule has 2 aromatic carbocycles. The van der Waals surface area contributed by atoms with Crippen LogP contribution in [0.1, 0.15) is 44.5 Å². The summed E-state index contributed by atoms with van der Waals surface area (Å²) >= 11 is 1.45. The lowest BCUT2D eigenvalue weighted by molar-refractivity contribution is 0.0991. The van der Waals surface area contributed by atoms with E-state index >= 15 is 0 Å². The molecule has 0 fully saturated rings. The zero-order chi connectivity index (χ0) is 19.5. The number of carbonyl (C=O) groups excluding carboxylic acids is 2. The number of aryl methyl sites for hydroxylation is 1. The molecule has 2 heterocycles. The molecule has 0 aliphatic carbocycles. The number of fused-ring (bicyclic) bond motifs is 1. The van der Waals surface area contributed by atoms with Crippen molar-refractivity contribution in [1.82, 2.24) is 0 Å². The monoisotopic (exact) mass is 390 g/mol. The van der Waals surface area contributed by atoms with Gasteiger partial charge in [0, 0.05) is 23.5 Å². The van der Waals surface area contributed by atoms with Crippen LogP contribution in [-0.2, 0) is 12.8 Å². The summed E-state index contributed by atoms with van der Waals surface area (Å²) in [6.07, 6.45) is 2.93. The second-order valence-corrected chi connectivity index (χ2v) is 7.88. The van der Waals surface area contributed by atoms with Gasteiger partial charge in [-0.05, 0) is 59.7 Å². The molecule has 1 N–H and O–H groups in total. The van der Waals surface area contributed by atoms with Gasteiger partial charge in [-0.15, -0.1) is 11.3 Å². The largest absolute Gasteiger partial charge is 0.322 e. The van der Waals surface area contributed by atoms with Gasteiger partial charge >= 0.3 is 0 Å². The maximum absolute atomic E-state index is 12.8. The van der Waals surface area contributed by atoms with Crippen LogP contribution in [-0.4, -0.2) is 18.4 Å². The third-order valence-electron chi connectivity index (χ3n) is 4.97. The molecule has 0 atom stereocenters. The van der Waals surface area contributed by atoms with E-state index in [2.05, 4.69) is 12.2 Å². The molecule has 5 heteroatoms. The van der Waals surface area contributed by atoms with Crippen LogP contribution in [0.4, 0.5) is 11.4 Å². The number of rotatable bonds is 5. The Kier molecular flexibility index (Phi) is 5.26. The molecule has 1 aliphatic rings. The Labute approximate surface area is 168 Å². The zero-order valence-corrected chi connectivity index (χ0v) is 16.6. The fraction of sp³-hybridized carbons (Fsp3) is 0.217. The quantitative estimate of drug-likeness (QED) is 0.654. The van der Waals surface area contributed by atoms with Crippen molar-refractivity contribution in [2.45, 2.75) is 26.2 Å². The fourth-order valence-corrected chi connectivity index (χ4v) is 4.19. The minimum absolute atomic E-state index is 0.0174. The van der Waals surface area contributed by atoms with Gasteiger partial charge < -0.3 is 10.2 Å². The molecule has 4 rings (SSSR count). The molecule has 0 unspecified atom stereocenters. The number of anilines is 2. The lowest BCUT2D eigenvalue weighted by atomic mass is 10.1. The molecule has 0 spiro atoms. The van der Waals surface area contributed by atoms with E-state index < -0.39 is 0 Å². The summed E-state index contributed by atoms with van der Waals surface area (Å²) in [6.45, 7) is 2.81. The smallest absolute Gasteiger partial charge is 0.268 e. The van der Waals surface area contributed by atoms with Crippen molar-refractivity contribution in [3.05, 3.63) is 81.5 Å². The van der Waals surface area contributed by atoms with Crippen molar-refractivity contribution >= 4 is 34.5 Å². The summed E-state index contributed by atoms with van der Waals surface area (Å²) < 4.78 is 0. The lowest BCUT2D eigenvalue weighted by Crippen LogP contribution is -2.28. The molecule has 4 nitrogen and oxygen atoms in total. The first kappa shape index (κ1) is 18.4. The van der Waals surface area contributed by atoms with Crippen LogP contribution in [0.3, 0.4) is 0 Å². The number of hydrogen-bond acceptors (Lipinski definition) is 3. The summed E-state index contributed by atoms with van der Waals surface area (Å²) in [5.74, 6) is -0.124. The van der Waals surface area contributed by atoms with Gasteiger partial charge in [0.1, 0.15) is 0 Å². The number of amides is 2. The first-order valence-corrected chi connectivity index (χ1v) is 10.4. The van der Waals surface area contributed by atoms with Crippen molar-refractivity contribution in [3.8, 4) is 0 Å². The van der Waals surface area contributed by atoms with Crippen LogP contribution in [0.5, 0.6) is 0 Å². The predicted octanol–water partition coefficient (Wildman–Crippen LogP) is 5.16. The summed E-state index contributed by atoms with van der Waals surface area (Å²) in [5.41, 5.74) is 4.58. The Morgan fingerprint density at radius 1 is 1.11 bits per heavy atom. The van der Waals surface area contributed by atoms with Gasteiger partial charge in [0.25, 0.3) is 11.8 Å². The van der Waals surface area contributed by atoms with Crippen LogP contribution >= 0.6 is 11.3 Å². The van der Waals surface area contributed by atoms with Crippen LogP contribution in [0, 0.1) is 0 Å². The van der Waals surface area contributed by atoms with Crippen LogP contribution in [0.15, 0.2) is 60.0 Å². The van der Waals surface area contributed by atoms with E-state index in [1.807, 2.05) is 60.0 Å². The molecular weight excluding hydrogens is 368 g/mol. The number of hydrogen-bond donors (Lipinski definition) is 1. The molecule has 0 saturated heterocycles. The highest BCUT2D eigenvalue weighted by Gasteiger charge is 2.26. The molecule has 28 heavy (non-hydrogen) atoms. The molecule has 3 aromatic rings. The van der Waals surface area contributed by atoms with Gasteiger partial charge in [0.05, 0.1) is 4.88 Å². The normalized spacial score (nSPS) is 12.7. The highest BCUT2D eigenvalue weighted by atomic mass is 32.1. The van der Waals surface area contributed by atoms with E-state index in [0.717, 1.165) is 35.4 Å². The molecule has 1 aliphatic heterocycles. The van der Waals surface area contributed by atoms with Crippen LogP contribution in [0.25, 0.3) is 0 Å². The Morgan fingerprint density at radius 2 is 1.93 bits per heavy atom. The van der Waals surface area contributed by atoms with Gasteiger partial charge in [-0.1, -0.05) is 37.6 Å². The Balaban J connectivity index is 1.51. The minimum Gasteiger partial charge on any atom is -0.322 e. The van der Waals surface area contributed by atoms with Crippen molar-refractivity contribution in [2.24, 2.45) is 0 Å². The van der Waals surface area contributed by atoms with E-state index in [9.17, 15) is 9.59 Å². The van der Waals surface area contributed by atoms with Gasteiger partial charge in [-0.2, -0.15) is 0 Å². The van der Waals surface area contributed by atoms with Gasteiger partial charge in [0.15, 0.2) is 0 Å². The zero-order valence-electron chi connectivity index (χ0n) is 15.8. The number of carbonyl (C=O) groups is 2. The van der Waals surface area contributed by atoms with Gasteiger partial charge in [-0.25, -0.2) is 0 Å². The minimum atomic E-state index is -0.142. The van der Waals surface area contributed by atoms with E-state index in [1.54, 1.807) is 4.90 Å². The number of nitrogens with zero attached hydrogens (tertiary/aromatic N) is 1. The van der Waals surface area contributed by atoms with Crippen LogP contribution in [0.2, 0.25) is 0 Å². The second kappa shape index (κ2) is 7.98. The average Bonchev–Trinajstić information content (AvgIpc) is 3.38. The van der Waals surface area contributed by atoms with Gasteiger partial charge in [-0.3, -0.25) is 9.59 Å². The third kappa shape index (κ3) is 3.71. The fourth-order valence-electron chi connectivity index (χ4n) is 3.52. The SMILES string of the molecule is CCCc1ccc(C(=O)Nc2ccc3c(c2)N(C(=O)c2cccs2)CC3)cc1. The Hall–Kier alpha value is -2.92. The second-order valence-electron chi connectivity index (χ2n) is 6.93. The first-order valence-electron chi connectivity index (χ1n) is 9.54. The van der Waals surface area contributed by atoms with E-state index in [0.29, 0.717) is 17.8 Å².